The van der Waals surface area contributed by atoms with Crippen molar-refractivity contribution in [3.8, 4) is 11.5 Å². The number of ether oxygens (including phenoxy) is 2. The monoisotopic (exact) mass is 405 g/mol. The van der Waals surface area contributed by atoms with E-state index in [1.807, 2.05) is 13.8 Å². The molecule has 1 heterocycles. The molecule has 0 spiro atoms. The Kier molecular flexibility index (Phi) is 5.73. The number of Topliss-reactive ketones (excluding diaryl/α,β-unsaturated/α-hetero) is 1. The highest BCUT2D eigenvalue weighted by Crippen LogP contribution is 2.36. The van der Waals surface area contributed by atoms with Crippen molar-refractivity contribution >= 4 is 41.2 Å². The quantitative estimate of drug-likeness (QED) is 0.634. The van der Waals surface area contributed by atoms with Gasteiger partial charge in [0.05, 0.1) is 15.6 Å². The fourth-order valence-electron chi connectivity index (χ4n) is 2.65. The summed E-state index contributed by atoms with van der Waals surface area (Å²) in [5, 5.41) is 0.729. The highest BCUT2D eigenvalue weighted by molar-refractivity contribution is 6.43. The van der Waals surface area contributed by atoms with Gasteiger partial charge in [0.25, 0.3) is 0 Å². The number of hydrogen-bond donors (Lipinski definition) is 0. The topological polar surface area (TPSA) is 55.8 Å². The van der Waals surface area contributed by atoms with Crippen LogP contribution in [0, 0.1) is 0 Å². The van der Waals surface area contributed by atoms with Crippen LogP contribution >= 0.6 is 23.2 Å². The lowest BCUT2D eigenvalue weighted by atomic mass is 10.1. The molecule has 1 amide bonds. The summed E-state index contributed by atoms with van der Waals surface area (Å²) in [7, 11) is 0. The van der Waals surface area contributed by atoms with E-state index in [4.69, 9.17) is 32.7 Å². The first-order valence-electron chi connectivity index (χ1n) is 8.43. The average molecular weight is 406 g/mol. The lowest BCUT2D eigenvalue weighted by Gasteiger charge is -2.17. The fourth-order valence-corrected chi connectivity index (χ4v) is 3.01. The third kappa shape index (κ3) is 3.94. The molecule has 0 radical (unpaired) electrons. The molecular weight excluding hydrogens is 389 g/mol. The Balaban J connectivity index is 1.84. The number of nitrogens with zero attached hydrogens (tertiary/aromatic N) is 1. The summed E-state index contributed by atoms with van der Waals surface area (Å²) in [5.74, 6) is 0.485. The minimum Gasteiger partial charge on any atom is -0.452 e. The molecule has 0 fully saturated rings. The number of carbonyl (C=O) groups excluding carboxylic acids is 2. The van der Waals surface area contributed by atoms with E-state index in [2.05, 4.69) is 0 Å². The number of amides is 1. The summed E-state index contributed by atoms with van der Waals surface area (Å²) in [6.07, 6.45) is 1.09. The summed E-state index contributed by atoms with van der Waals surface area (Å²) in [6.45, 7) is 4.83. The molecule has 0 bridgehead atoms. The van der Waals surface area contributed by atoms with Crippen molar-refractivity contribution in [2.24, 2.45) is 0 Å². The Morgan fingerprint density at radius 2 is 1.93 bits per heavy atom. The predicted molar refractivity (Wildman–Crippen MR) is 105 cm³/mol. The van der Waals surface area contributed by atoms with Gasteiger partial charge in [-0.15, -0.1) is 0 Å². The second-order valence-electron chi connectivity index (χ2n) is 5.78. The highest BCUT2D eigenvalue weighted by atomic mass is 35.5. The summed E-state index contributed by atoms with van der Waals surface area (Å²) >= 11 is 12.2. The van der Waals surface area contributed by atoms with Gasteiger partial charge in [0.2, 0.25) is 5.78 Å². The second-order valence-corrected chi connectivity index (χ2v) is 6.57. The summed E-state index contributed by atoms with van der Waals surface area (Å²) in [5.41, 5.74) is 0.968. The van der Waals surface area contributed by atoms with E-state index in [0.29, 0.717) is 45.8 Å². The molecule has 0 saturated carbocycles. The smallest absolute Gasteiger partial charge is 0.415 e. The maximum atomic E-state index is 12.5. The van der Waals surface area contributed by atoms with Crippen LogP contribution in [0.4, 0.5) is 4.79 Å². The molecule has 7 heteroatoms. The Morgan fingerprint density at radius 3 is 2.63 bits per heavy atom. The summed E-state index contributed by atoms with van der Waals surface area (Å²) < 4.78 is 11.0. The lowest BCUT2D eigenvalue weighted by Crippen LogP contribution is -2.33. The molecule has 0 atom stereocenters. The lowest BCUT2D eigenvalue weighted by molar-refractivity contribution is 0.101. The molecule has 2 aromatic rings. The standard InChI is InChI=1S/C20H17Cl2NO4/c1-3-23(4-2)20(25)26-13-8-9-14-16(11-13)27-17(19(14)24)10-12-6-5-7-15(21)18(12)22/h5-11H,3-4H2,1-2H3. The number of benzene rings is 2. The maximum absolute atomic E-state index is 12.5. The minimum atomic E-state index is -0.453. The molecule has 140 valence electrons. The van der Waals surface area contributed by atoms with Crippen molar-refractivity contribution in [3.63, 3.8) is 0 Å². The number of carbonyl (C=O) groups is 2. The molecule has 0 aromatic heterocycles. The highest BCUT2D eigenvalue weighted by Gasteiger charge is 2.28. The van der Waals surface area contributed by atoms with Crippen LogP contribution in [0.3, 0.4) is 0 Å². The molecule has 0 N–H and O–H groups in total. The molecule has 0 saturated heterocycles. The Morgan fingerprint density at radius 1 is 1.19 bits per heavy atom. The fraction of sp³-hybridized carbons (Fsp3) is 0.200. The van der Waals surface area contributed by atoms with Crippen LogP contribution in [0.25, 0.3) is 6.08 Å². The van der Waals surface area contributed by atoms with Gasteiger partial charge in [-0.1, -0.05) is 35.3 Å². The van der Waals surface area contributed by atoms with E-state index in [0.717, 1.165) is 0 Å². The van der Waals surface area contributed by atoms with Crippen molar-refractivity contribution in [2.45, 2.75) is 13.8 Å². The van der Waals surface area contributed by atoms with Crippen molar-refractivity contribution in [2.75, 3.05) is 13.1 Å². The number of halogens is 2. The third-order valence-electron chi connectivity index (χ3n) is 4.14. The predicted octanol–water partition coefficient (Wildman–Crippen LogP) is 5.45. The number of fused-ring (bicyclic) bond motifs is 1. The molecule has 1 aliphatic rings. The van der Waals surface area contributed by atoms with E-state index in [-0.39, 0.29) is 11.5 Å². The Bertz CT molecular complexity index is 936. The molecule has 0 unspecified atom stereocenters. The minimum absolute atomic E-state index is 0.126. The molecule has 5 nitrogen and oxygen atoms in total. The van der Waals surface area contributed by atoms with Crippen LogP contribution in [0.5, 0.6) is 11.5 Å². The summed E-state index contributed by atoms with van der Waals surface area (Å²) in [6, 6.07) is 9.79. The number of hydrogen-bond acceptors (Lipinski definition) is 4. The van der Waals surface area contributed by atoms with E-state index in [9.17, 15) is 9.59 Å². The molecule has 1 aliphatic heterocycles. The van der Waals surface area contributed by atoms with E-state index < -0.39 is 6.09 Å². The van der Waals surface area contributed by atoms with Gasteiger partial charge in [-0.25, -0.2) is 4.79 Å². The maximum Gasteiger partial charge on any atom is 0.415 e. The second kappa shape index (κ2) is 8.03. The van der Waals surface area contributed by atoms with Gasteiger partial charge in [0, 0.05) is 19.2 Å². The number of ketones is 1. The summed E-state index contributed by atoms with van der Waals surface area (Å²) in [4.78, 5) is 26.2. The Labute approximate surface area is 167 Å². The van der Waals surface area contributed by atoms with Crippen molar-refractivity contribution in [1.29, 1.82) is 0 Å². The van der Waals surface area contributed by atoms with Crippen LogP contribution in [-0.2, 0) is 0 Å². The van der Waals surface area contributed by atoms with Crippen LogP contribution in [0.1, 0.15) is 29.8 Å². The van der Waals surface area contributed by atoms with Crippen molar-refractivity contribution in [1.82, 2.24) is 4.90 Å². The van der Waals surface area contributed by atoms with Crippen LogP contribution in [0.2, 0.25) is 10.0 Å². The number of allylic oxidation sites excluding steroid dienone is 1. The zero-order valence-electron chi connectivity index (χ0n) is 14.8. The first-order valence-corrected chi connectivity index (χ1v) is 9.19. The normalized spacial score (nSPS) is 14.1. The third-order valence-corrected chi connectivity index (χ3v) is 4.97. The first kappa shape index (κ1) is 19.3. The number of rotatable bonds is 4. The van der Waals surface area contributed by atoms with Gasteiger partial charge >= 0.3 is 6.09 Å². The van der Waals surface area contributed by atoms with E-state index >= 15 is 0 Å². The van der Waals surface area contributed by atoms with Gasteiger partial charge in [-0.3, -0.25) is 4.79 Å². The van der Waals surface area contributed by atoms with E-state index in [1.54, 1.807) is 35.2 Å². The average Bonchev–Trinajstić information content (AvgIpc) is 2.95. The van der Waals surface area contributed by atoms with Gasteiger partial charge in [0.15, 0.2) is 5.76 Å². The first-order chi connectivity index (χ1) is 12.9. The largest absolute Gasteiger partial charge is 0.452 e. The van der Waals surface area contributed by atoms with E-state index in [1.165, 1.54) is 12.1 Å². The van der Waals surface area contributed by atoms with Crippen LogP contribution in [0.15, 0.2) is 42.2 Å². The zero-order valence-corrected chi connectivity index (χ0v) is 16.3. The van der Waals surface area contributed by atoms with Gasteiger partial charge in [-0.2, -0.15) is 0 Å². The SMILES string of the molecule is CCN(CC)C(=O)Oc1ccc2c(c1)OC(=Cc1cccc(Cl)c1Cl)C2=O. The zero-order chi connectivity index (χ0) is 19.6. The van der Waals surface area contributed by atoms with Crippen LogP contribution in [-0.4, -0.2) is 29.9 Å². The van der Waals surface area contributed by atoms with Crippen molar-refractivity contribution in [3.05, 3.63) is 63.3 Å². The van der Waals surface area contributed by atoms with Gasteiger partial charge in [-0.05, 0) is 43.7 Å². The van der Waals surface area contributed by atoms with Gasteiger partial charge < -0.3 is 14.4 Å². The van der Waals surface area contributed by atoms with Gasteiger partial charge in [0.1, 0.15) is 11.5 Å². The molecule has 0 aliphatic carbocycles. The molecular formula is C20H17Cl2NO4. The Hall–Kier alpha value is -2.50. The molecule has 2 aromatic carbocycles. The van der Waals surface area contributed by atoms with Crippen molar-refractivity contribution < 1.29 is 19.1 Å². The molecule has 27 heavy (non-hydrogen) atoms. The molecule has 3 rings (SSSR count). The van der Waals surface area contributed by atoms with Crippen LogP contribution < -0.4 is 9.47 Å².